The van der Waals surface area contributed by atoms with E-state index in [1.54, 1.807) is 23.5 Å². The second kappa shape index (κ2) is 12.8. The van der Waals surface area contributed by atoms with Crippen molar-refractivity contribution in [2.24, 2.45) is 0 Å². The van der Waals surface area contributed by atoms with Gasteiger partial charge < -0.3 is 25.2 Å². The molecule has 0 saturated carbocycles. The summed E-state index contributed by atoms with van der Waals surface area (Å²) < 4.78 is 15.9. The van der Waals surface area contributed by atoms with Gasteiger partial charge in [0.25, 0.3) is 11.8 Å². The van der Waals surface area contributed by atoms with Gasteiger partial charge in [0.1, 0.15) is 11.2 Å². The molecule has 224 valence electrons. The third-order valence-corrected chi connectivity index (χ3v) is 9.38. The number of likely N-dealkylation sites (tertiary alicyclic amines) is 1. The molecule has 2 aromatic heterocycles. The molecular formula is C33H36FN5O3S. The van der Waals surface area contributed by atoms with Crippen molar-refractivity contribution in [1.82, 2.24) is 25.1 Å². The summed E-state index contributed by atoms with van der Waals surface area (Å²) in [4.78, 5) is 34.4. The Morgan fingerprint density at radius 2 is 1.91 bits per heavy atom. The molecule has 2 fully saturated rings. The summed E-state index contributed by atoms with van der Waals surface area (Å²) in [5.41, 5.74) is 3.28. The van der Waals surface area contributed by atoms with Crippen LogP contribution in [0.3, 0.4) is 0 Å². The van der Waals surface area contributed by atoms with Crippen molar-refractivity contribution in [1.29, 1.82) is 0 Å². The minimum atomic E-state index is -1.04. The first kappa shape index (κ1) is 29.2. The lowest BCUT2D eigenvalue weighted by molar-refractivity contribution is 0.0728. The third-order valence-electron chi connectivity index (χ3n) is 8.32. The maximum Gasteiger partial charge on any atom is 0.254 e. The molecule has 0 aliphatic carbocycles. The molecule has 43 heavy (non-hydrogen) atoms. The van der Waals surface area contributed by atoms with Crippen molar-refractivity contribution in [2.75, 3.05) is 13.1 Å². The first-order chi connectivity index (χ1) is 20.9. The number of rotatable bonds is 9. The molecule has 2 saturated heterocycles. The van der Waals surface area contributed by atoms with E-state index in [0.29, 0.717) is 29.8 Å². The number of carbonyl (C=O) groups excluding carboxylic acids is 2. The van der Waals surface area contributed by atoms with E-state index in [4.69, 9.17) is 0 Å². The van der Waals surface area contributed by atoms with Gasteiger partial charge in [0.2, 0.25) is 0 Å². The van der Waals surface area contributed by atoms with Crippen molar-refractivity contribution >= 4 is 23.2 Å². The topological polar surface area (TPSA) is 99.5 Å². The number of aliphatic hydroxyl groups is 1. The zero-order valence-corrected chi connectivity index (χ0v) is 24.8. The molecule has 2 unspecified atom stereocenters. The van der Waals surface area contributed by atoms with Gasteiger partial charge in [-0.2, -0.15) is 0 Å². The van der Waals surface area contributed by atoms with Gasteiger partial charge in [-0.15, -0.1) is 11.3 Å². The number of nitrogens with zero attached hydrogens (tertiary/aromatic N) is 3. The van der Waals surface area contributed by atoms with Gasteiger partial charge in [0, 0.05) is 59.4 Å². The lowest BCUT2D eigenvalue weighted by atomic mass is 9.94. The monoisotopic (exact) mass is 601 g/mol. The van der Waals surface area contributed by atoms with Crippen molar-refractivity contribution < 1.29 is 19.1 Å². The second-order valence-electron chi connectivity index (χ2n) is 11.5. The average Bonchev–Trinajstić information content (AvgIpc) is 3.84. The van der Waals surface area contributed by atoms with Crippen LogP contribution in [-0.2, 0) is 6.42 Å². The number of hydrogen-bond donors (Lipinski definition) is 3. The predicted octanol–water partition coefficient (Wildman–Crippen LogP) is 4.62. The number of alkyl halides is 1. The van der Waals surface area contributed by atoms with Crippen LogP contribution in [0.5, 0.6) is 0 Å². The molecule has 0 bridgehead atoms. The second-order valence-corrected chi connectivity index (χ2v) is 12.3. The molecule has 10 heteroatoms. The van der Waals surface area contributed by atoms with Gasteiger partial charge >= 0.3 is 0 Å². The highest BCUT2D eigenvalue weighted by atomic mass is 32.1. The quantitative estimate of drug-likeness (QED) is 0.260. The maximum absolute atomic E-state index is 14.0. The molecule has 2 amide bonds. The molecule has 8 nitrogen and oxygen atoms in total. The Labute approximate surface area is 254 Å². The zero-order chi connectivity index (χ0) is 29.9. The average molecular weight is 602 g/mol. The van der Waals surface area contributed by atoms with Crippen molar-refractivity contribution in [2.45, 2.75) is 63.0 Å². The van der Waals surface area contributed by atoms with E-state index in [2.05, 4.69) is 15.6 Å². The van der Waals surface area contributed by atoms with Crippen LogP contribution in [0.1, 0.15) is 62.3 Å². The van der Waals surface area contributed by atoms with Crippen molar-refractivity contribution in [3.63, 3.8) is 0 Å². The summed E-state index contributed by atoms with van der Waals surface area (Å²) in [7, 11) is 0. The van der Waals surface area contributed by atoms with Crippen molar-refractivity contribution in [3.05, 3.63) is 106 Å². The predicted molar refractivity (Wildman–Crippen MR) is 164 cm³/mol. The first-order valence-electron chi connectivity index (χ1n) is 14.8. The minimum Gasteiger partial charge on any atom is -0.389 e. The number of aryl methyl sites for hydroxylation is 1. The first-order valence-corrected chi connectivity index (χ1v) is 15.7. The van der Waals surface area contributed by atoms with Crippen LogP contribution in [0, 0.1) is 6.92 Å². The number of thiazole rings is 1. The summed E-state index contributed by atoms with van der Waals surface area (Å²) in [5.74, 6) is -0.560. The number of hydrogen-bond acceptors (Lipinski definition) is 6. The lowest BCUT2D eigenvalue weighted by Crippen LogP contribution is -2.52. The SMILES string of the molecule is Cc1csc([C@@H]2CCCN2C(=O)c2cc(C(=O)NC(Cc3ccccc3)[C@H](O)C3C[C@H](F)CN3)cc(-n3cccc3)c2)n1. The molecule has 5 atom stereocenters. The zero-order valence-electron chi connectivity index (χ0n) is 24.0. The summed E-state index contributed by atoms with van der Waals surface area (Å²) in [6.07, 6.45) is 3.96. The Morgan fingerprint density at radius 3 is 2.60 bits per heavy atom. The molecule has 2 aromatic carbocycles. The van der Waals surface area contributed by atoms with E-state index < -0.39 is 30.3 Å². The Morgan fingerprint density at radius 1 is 1.14 bits per heavy atom. The smallest absolute Gasteiger partial charge is 0.254 e. The summed E-state index contributed by atoms with van der Waals surface area (Å²) in [6, 6.07) is 17.3. The van der Waals surface area contributed by atoms with Crippen LogP contribution in [0.25, 0.3) is 5.69 Å². The van der Waals surface area contributed by atoms with Gasteiger partial charge in [-0.05, 0) is 68.5 Å². The fraction of sp³-hybridized carbons (Fsp3) is 0.364. The molecule has 0 radical (unpaired) electrons. The minimum absolute atomic E-state index is 0.0950. The van der Waals surface area contributed by atoms with Gasteiger partial charge in [-0.1, -0.05) is 30.3 Å². The van der Waals surface area contributed by atoms with Gasteiger partial charge in [-0.3, -0.25) is 9.59 Å². The fourth-order valence-electron chi connectivity index (χ4n) is 6.12. The highest BCUT2D eigenvalue weighted by Gasteiger charge is 2.36. The molecular weight excluding hydrogens is 565 g/mol. The van der Waals surface area contributed by atoms with E-state index in [0.717, 1.165) is 29.1 Å². The van der Waals surface area contributed by atoms with Crippen LogP contribution in [0.4, 0.5) is 4.39 Å². The van der Waals surface area contributed by atoms with Crippen molar-refractivity contribution in [3.8, 4) is 5.69 Å². The fourth-order valence-corrected chi connectivity index (χ4v) is 7.06. The van der Waals surface area contributed by atoms with E-state index in [-0.39, 0.29) is 24.9 Å². The van der Waals surface area contributed by atoms with E-state index in [9.17, 15) is 19.1 Å². The highest BCUT2D eigenvalue weighted by Crippen LogP contribution is 2.35. The maximum atomic E-state index is 14.0. The lowest BCUT2D eigenvalue weighted by Gasteiger charge is -2.29. The van der Waals surface area contributed by atoms with Gasteiger partial charge in [0.15, 0.2) is 0 Å². The Kier molecular flexibility index (Phi) is 8.69. The normalized spacial score (nSPS) is 21.6. The van der Waals surface area contributed by atoms with Gasteiger partial charge in [0.05, 0.1) is 18.2 Å². The molecule has 2 aliphatic rings. The number of halogens is 1. The number of benzene rings is 2. The molecule has 0 spiro atoms. The van der Waals surface area contributed by atoms with Crippen LogP contribution in [0.2, 0.25) is 0 Å². The Bertz CT molecular complexity index is 1560. The van der Waals surface area contributed by atoms with Crippen LogP contribution in [0.15, 0.2) is 78.4 Å². The van der Waals surface area contributed by atoms with E-state index >= 15 is 0 Å². The van der Waals surface area contributed by atoms with Crippen LogP contribution >= 0.6 is 11.3 Å². The molecule has 4 aromatic rings. The Hall–Kier alpha value is -3.86. The Balaban J connectivity index is 1.30. The van der Waals surface area contributed by atoms with Crippen LogP contribution < -0.4 is 10.6 Å². The number of aliphatic hydroxyl groups excluding tert-OH is 1. The standard InChI is InChI=1S/C33H36FN5O3S/c1-21-20-43-32(36-21)29-10-7-13-39(29)33(42)24-15-23(16-26(17-24)38-11-5-6-12-38)31(41)37-28(14-22-8-3-2-4-9-22)30(40)27-18-25(34)19-35-27/h2-6,8-9,11-12,15-17,20,25,27-30,35,40H,7,10,13-14,18-19H2,1H3,(H,37,41)/t25-,27?,28?,29-,30+/m0/s1. The number of amides is 2. The molecule has 3 N–H and O–H groups in total. The largest absolute Gasteiger partial charge is 0.389 e. The molecule has 4 heterocycles. The van der Waals surface area contributed by atoms with Crippen LogP contribution in [-0.4, -0.2) is 68.8 Å². The number of carbonyl (C=O) groups is 2. The number of nitrogens with one attached hydrogen (secondary N) is 2. The molecule has 6 rings (SSSR count). The van der Waals surface area contributed by atoms with E-state index in [1.165, 1.54) is 0 Å². The summed E-state index contributed by atoms with van der Waals surface area (Å²) >= 11 is 1.57. The van der Waals surface area contributed by atoms with Gasteiger partial charge in [-0.25, -0.2) is 9.37 Å². The summed E-state index contributed by atoms with van der Waals surface area (Å²) in [5, 5.41) is 20.3. The number of aromatic nitrogens is 2. The van der Waals surface area contributed by atoms with E-state index in [1.807, 2.05) is 82.7 Å². The summed E-state index contributed by atoms with van der Waals surface area (Å²) in [6.45, 7) is 2.75. The highest BCUT2D eigenvalue weighted by molar-refractivity contribution is 7.09. The third kappa shape index (κ3) is 6.56. The molecule has 2 aliphatic heterocycles.